The smallest absolute Gasteiger partial charge is 0.339 e. The molecule has 0 unspecified atom stereocenters. The van der Waals surface area contributed by atoms with Gasteiger partial charge in [-0.1, -0.05) is 71.2 Å². The fourth-order valence-electron chi connectivity index (χ4n) is 12.6. The van der Waals surface area contributed by atoms with Gasteiger partial charge in [-0.25, -0.2) is 29.3 Å². The highest BCUT2D eigenvalue weighted by molar-refractivity contribution is 7.59. The maximum atomic E-state index is 13.1. The first-order valence-electron chi connectivity index (χ1n) is 33.0. The Morgan fingerprint density at radius 2 is 0.748 bits per heavy atom. The second-order valence-corrected chi connectivity index (χ2v) is 29.3. The first-order chi connectivity index (χ1) is 47.0. The fourth-order valence-corrected chi connectivity index (χ4v) is 13.0. The zero-order valence-corrected chi connectivity index (χ0v) is 67.4. The van der Waals surface area contributed by atoms with Crippen molar-refractivity contribution in [1.29, 1.82) is 0 Å². The van der Waals surface area contributed by atoms with Crippen molar-refractivity contribution in [2.75, 3.05) is 14.2 Å². The van der Waals surface area contributed by atoms with Crippen LogP contribution in [0, 0.1) is 62.3 Å². The van der Waals surface area contributed by atoms with Crippen LogP contribution in [0.5, 0.6) is 0 Å². The standard InChI is InChI=1S/C29H32ClN3O3.C28H30ClN3O3.C23H27ClN2O3.3H2S/c1-17-19(3)33(16-20-12-14-31-15-13-20)27-23(17)25(21-8-10-22(30)11-9-21)24(18(2)32-27)26(28(34)35-7)36-29(4,5)6;1-16-18(3)32(15-19-11-13-30-14-12-19)26-22(16)24(20-7-9-21(29)10-8-20)23(17(2)31-26)25(27(33)34)35-28(4,5)6;1-12-13(2)25-21-17(12)19(15-8-10-16(24)11-9-15)18(14(3)26-21)20(22(27)28-7)29-23(4,5)6;;;/h8-15,26H,16H2,1-7H3;7-14,25H,15H2,1-6H3,(H,33,34);8-11,20H,1-7H3,(H,25,26);3*1H2/t26-;25-;20-;;;/m000.../s1. The van der Waals surface area contributed by atoms with Crippen LogP contribution in [-0.2, 0) is 51.2 Å². The number of aromatic amines is 1. The van der Waals surface area contributed by atoms with Crippen LogP contribution >= 0.6 is 75.3 Å². The predicted octanol–water partition coefficient (Wildman–Crippen LogP) is 19.6. The van der Waals surface area contributed by atoms with E-state index in [1.165, 1.54) is 14.2 Å². The van der Waals surface area contributed by atoms with E-state index in [1.54, 1.807) is 24.8 Å². The number of methoxy groups -OCH3 is 2. The number of pyridine rings is 5. The Hall–Kier alpha value is -7.76. The van der Waals surface area contributed by atoms with E-state index in [0.717, 1.165) is 111 Å². The number of fused-ring (bicyclic) bond motifs is 3. The molecule has 0 radical (unpaired) electrons. The second kappa shape index (κ2) is 34.4. The number of rotatable bonds is 16. The summed E-state index contributed by atoms with van der Waals surface area (Å²) in [6.45, 7) is 36.4. The van der Waals surface area contributed by atoms with Crippen molar-refractivity contribution in [3.63, 3.8) is 0 Å². The monoisotopic (exact) mass is 1510 g/mol. The van der Waals surface area contributed by atoms with Crippen LogP contribution in [0.15, 0.2) is 122 Å². The Balaban J connectivity index is 0.000000241. The molecule has 3 atom stereocenters. The third-order valence-corrected chi connectivity index (χ3v) is 18.2. The van der Waals surface area contributed by atoms with E-state index in [4.69, 9.17) is 73.4 Å². The number of aryl methyl sites for hydroxylation is 7. The molecule has 2 N–H and O–H groups in total. The van der Waals surface area contributed by atoms with Crippen LogP contribution in [-0.4, -0.2) is 93.1 Å². The molecule has 103 heavy (non-hydrogen) atoms. The van der Waals surface area contributed by atoms with Gasteiger partial charge < -0.3 is 42.9 Å². The lowest BCUT2D eigenvalue weighted by molar-refractivity contribution is -0.164. The van der Waals surface area contributed by atoms with E-state index in [9.17, 15) is 19.5 Å². The molecule has 0 aliphatic rings. The Kier molecular flexibility index (Phi) is 28.1. The third-order valence-electron chi connectivity index (χ3n) is 17.5. The van der Waals surface area contributed by atoms with E-state index in [2.05, 4.69) is 51.8 Å². The van der Waals surface area contributed by atoms with Gasteiger partial charge in [0.1, 0.15) is 16.9 Å². The molecule has 0 saturated carbocycles. The number of halogens is 3. The first kappa shape index (κ1) is 84.2. The first-order valence-corrected chi connectivity index (χ1v) is 34.1. The molecular formula is C80H95Cl3N8O9S3. The van der Waals surface area contributed by atoms with Gasteiger partial charge in [-0.2, -0.15) is 40.5 Å². The molecule has 0 aliphatic carbocycles. The molecule has 17 nitrogen and oxygen atoms in total. The molecule has 11 rings (SSSR count). The molecule has 0 spiro atoms. The molecule has 0 saturated heterocycles. The average molecular weight is 1520 g/mol. The molecule has 548 valence electrons. The third kappa shape index (κ3) is 19.0. The highest BCUT2D eigenvalue weighted by atomic mass is 35.5. The number of H-pyrrole nitrogens is 1. The zero-order valence-electron chi connectivity index (χ0n) is 62.2. The van der Waals surface area contributed by atoms with Crippen LogP contribution < -0.4 is 0 Å². The number of ether oxygens (including phenoxy) is 5. The van der Waals surface area contributed by atoms with Gasteiger partial charge in [-0.05, 0) is 230 Å². The van der Waals surface area contributed by atoms with Gasteiger partial charge in [-0.3, -0.25) is 9.97 Å². The topological polar surface area (TPSA) is 208 Å². The Morgan fingerprint density at radius 3 is 1.06 bits per heavy atom. The number of aliphatic carboxylic acids is 1. The lowest BCUT2D eigenvalue weighted by atomic mass is 9.91. The van der Waals surface area contributed by atoms with Crippen molar-refractivity contribution in [1.82, 2.24) is 39.0 Å². The summed E-state index contributed by atoms with van der Waals surface area (Å²) in [5.74, 6) is -1.97. The van der Waals surface area contributed by atoms with Crippen molar-refractivity contribution in [2.24, 2.45) is 0 Å². The number of carbonyl (C=O) groups excluding carboxylic acids is 2. The Bertz CT molecular complexity index is 4840. The minimum Gasteiger partial charge on any atom is -0.479 e. The SMILES string of the molecule is COC(=O)[C@@H](OC(C)(C)C)c1c(C)nc2[nH]c(C)c(C)c2c1-c1ccc(Cl)cc1.COC(=O)[C@@H](OC(C)(C)C)c1c(C)nc2c(c(C)c(C)n2Cc2ccncc2)c1-c1ccc(Cl)cc1.Cc1nc2c(c(C)c(C)n2Cc2ccncc2)c(-c2ccc(Cl)cc2)c1[C@H](OC(C)(C)C)C(=O)O.S.S.S. The van der Waals surface area contributed by atoms with Crippen LogP contribution in [0.1, 0.15) is 159 Å². The minimum atomic E-state index is -1.18. The number of benzene rings is 3. The van der Waals surface area contributed by atoms with Crippen molar-refractivity contribution in [3.05, 3.63) is 216 Å². The van der Waals surface area contributed by atoms with E-state index >= 15 is 0 Å². The second-order valence-electron chi connectivity index (χ2n) is 28.0. The maximum absolute atomic E-state index is 13.1. The van der Waals surface area contributed by atoms with Gasteiger partial charge in [0, 0.05) is 137 Å². The summed E-state index contributed by atoms with van der Waals surface area (Å²) in [5, 5.41) is 15.0. The molecule has 8 heterocycles. The fraction of sp³-hybridized carbons (Fsp3) is 0.350. The van der Waals surface area contributed by atoms with E-state index in [0.29, 0.717) is 61.9 Å². The lowest BCUT2D eigenvalue weighted by Crippen LogP contribution is -2.29. The molecule has 0 bridgehead atoms. The summed E-state index contributed by atoms with van der Waals surface area (Å²) in [6, 6.07) is 30.7. The molecular weight excluding hydrogens is 1420 g/mol. The molecule has 23 heteroatoms. The molecule has 0 amide bonds. The summed E-state index contributed by atoms with van der Waals surface area (Å²) in [5.41, 5.74) is 18.7. The largest absolute Gasteiger partial charge is 0.479 e. The van der Waals surface area contributed by atoms with Gasteiger partial charge in [0.05, 0.1) is 31.0 Å². The summed E-state index contributed by atoms with van der Waals surface area (Å²) < 4.78 is 33.3. The van der Waals surface area contributed by atoms with Gasteiger partial charge in [0.2, 0.25) is 0 Å². The molecule has 11 aromatic rings. The summed E-state index contributed by atoms with van der Waals surface area (Å²) in [7, 11) is 2.75. The average Bonchev–Trinajstić information content (AvgIpc) is 1.65. The molecule has 0 aliphatic heterocycles. The lowest BCUT2D eigenvalue weighted by Gasteiger charge is -2.29. The van der Waals surface area contributed by atoms with Crippen molar-refractivity contribution in [3.8, 4) is 33.4 Å². The summed E-state index contributed by atoms with van der Waals surface area (Å²) in [4.78, 5) is 64.8. The molecule has 8 aromatic heterocycles. The maximum Gasteiger partial charge on any atom is 0.339 e. The number of carbonyl (C=O) groups is 3. The number of esters is 2. The summed E-state index contributed by atoms with van der Waals surface area (Å²) >= 11 is 18.6. The zero-order chi connectivity index (χ0) is 73.2. The van der Waals surface area contributed by atoms with Crippen LogP contribution in [0.3, 0.4) is 0 Å². The number of carboxylic acids is 1. The molecule has 3 aromatic carbocycles. The minimum absolute atomic E-state index is 0. The number of aromatic nitrogens is 8. The normalized spacial score (nSPS) is 12.4. The van der Waals surface area contributed by atoms with Gasteiger partial charge in [0.25, 0.3) is 0 Å². The number of hydrogen-bond donors (Lipinski definition) is 2. The highest BCUT2D eigenvalue weighted by Gasteiger charge is 2.38. The van der Waals surface area contributed by atoms with Crippen molar-refractivity contribution in [2.45, 2.75) is 173 Å². The van der Waals surface area contributed by atoms with Gasteiger partial charge in [-0.15, -0.1) is 0 Å². The molecule has 0 fully saturated rings. The van der Waals surface area contributed by atoms with Crippen LogP contribution in [0.2, 0.25) is 15.1 Å². The quantitative estimate of drug-likeness (QED) is 0.0863. The van der Waals surface area contributed by atoms with Crippen LogP contribution in [0.4, 0.5) is 0 Å². The van der Waals surface area contributed by atoms with Gasteiger partial charge in [0.15, 0.2) is 18.3 Å². The number of hydrogen-bond acceptors (Lipinski definition) is 13. The van der Waals surface area contributed by atoms with E-state index in [1.807, 2.05) is 194 Å². The number of nitrogens with zero attached hydrogens (tertiary/aromatic N) is 7. The van der Waals surface area contributed by atoms with E-state index < -0.39 is 53.0 Å². The van der Waals surface area contributed by atoms with Gasteiger partial charge >= 0.3 is 17.9 Å². The van der Waals surface area contributed by atoms with E-state index in [-0.39, 0.29) is 40.5 Å². The highest BCUT2D eigenvalue weighted by Crippen LogP contribution is 2.46. The van der Waals surface area contributed by atoms with Crippen molar-refractivity contribution >= 4 is 126 Å². The van der Waals surface area contributed by atoms with Crippen LogP contribution in [0.25, 0.3) is 66.5 Å². The summed E-state index contributed by atoms with van der Waals surface area (Å²) in [6.07, 6.45) is 4.12. The Labute approximate surface area is 640 Å². The number of carboxylic acid groups (broad SMARTS) is 1. The predicted molar refractivity (Wildman–Crippen MR) is 430 cm³/mol. The number of nitrogens with one attached hydrogen (secondary N) is 1. The Morgan fingerprint density at radius 1 is 0.447 bits per heavy atom. The van der Waals surface area contributed by atoms with Crippen molar-refractivity contribution < 1.29 is 43.2 Å².